The molecule has 0 saturated carbocycles. The molecule has 0 aliphatic carbocycles. The van der Waals surface area contributed by atoms with Gasteiger partial charge in [-0.05, 0) is 13.0 Å². The minimum atomic E-state index is 0.0426. The van der Waals surface area contributed by atoms with Gasteiger partial charge in [-0.2, -0.15) is 0 Å². The van der Waals surface area contributed by atoms with Crippen molar-refractivity contribution < 1.29 is 9.84 Å². The number of phenolic OH excluding ortho intramolecular Hbond substituents is 1. The molecule has 0 aliphatic heterocycles. The van der Waals surface area contributed by atoms with Gasteiger partial charge in [0, 0.05) is 11.5 Å². The van der Waals surface area contributed by atoms with E-state index in [1.54, 1.807) is 6.07 Å². The number of nitrogens with zero attached hydrogens (tertiary/aromatic N) is 2. The van der Waals surface area contributed by atoms with E-state index in [0.717, 1.165) is 0 Å². The number of aromatic nitrogens is 2. The summed E-state index contributed by atoms with van der Waals surface area (Å²) in [5, 5.41) is 10.6. The van der Waals surface area contributed by atoms with Crippen LogP contribution in [0.3, 0.4) is 0 Å². The fraction of sp³-hybridized carbons (Fsp3) is 0.200. The summed E-state index contributed by atoms with van der Waals surface area (Å²) < 4.78 is 5.23. The topological polar surface area (TPSA) is 55.2 Å². The molecule has 2 rings (SSSR count). The molecule has 2 aromatic rings. The van der Waals surface area contributed by atoms with Gasteiger partial charge in [-0.25, -0.2) is 9.97 Å². The molecule has 1 aromatic carbocycles. The first kappa shape index (κ1) is 9.98. The van der Waals surface area contributed by atoms with Crippen molar-refractivity contribution in [2.75, 3.05) is 6.61 Å². The SMILES string of the molecule is CCOc1cc2ncnc(Cl)c2cc1O. The van der Waals surface area contributed by atoms with Crippen LogP contribution in [0.2, 0.25) is 5.15 Å². The zero-order valence-electron chi connectivity index (χ0n) is 8.07. The zero-order valence-corrected chi connectivity index (χ0v) is 8.82. The van der Waals surface area contributed by atoms with Crippen LogP contribution in [-0.2, 0) is 0 Å². The second-order valence-electron chi connectivity index (χ2n) is 2.93. The number of rotatable bonds is 2. The first-order valence-corrected chi connectivity index (χ1v) is 4.86. The number of hydrogen-bond donors (Lipinski definition) is 1. The van der Waals surface area contributed by atoms with Crippen molar-refractivity contribution in [1.29, 1.82) is 0 Å². The predicted molar refractivity (Wildman–Crippen MR) is 57.4 cm³/mol. The minimum Gasteiger partial charge on any atom is -0.504 e. The maximum absolute atomic E-state index is 9.62. The van der Waals surface area contributed by atoms with Gasteiger partial charge in [0.15, 0.2) is 11.5 Å². The van der Waals surface area contributed by atoms with E-state index in [9.17, 15) is 5.11 Å². The molecule has 78 valence electrons. The van der Waals surface area contributed by atoms with E-state index >= 15 is 0 Å². The van der Waals surface area contributed by atoms with E-state index in [-0.39, 0.29) is 5.75 Å². The summed E-state index contributed by atoms with van der Waals surface area (Å²) in [5.41, 5.74) is 0.649. The highest BCUT2D eigenvalue weighted by atomic mass is 35.5. The molecular weight excluding hydrogens is 216 g/mol. The molecular formula is C10H9ClN2O2. The van der Waals surface area contributed by atoms with Crippen molar-refractivity contribution in [3.8, 4) is 11.5 Å². The van der Waals surface area contributed by atoms with Gasteiger partial charge in [0.05, 0.1) is 12.1 Å². The Morgan fingerprint density at radius 2 is 2.20 bits per heavy atom. The van der Waals surface area contributed by atoms with Crippen LogP contribution in [0.1, 0.15) is 6.92 Å². The summed E-state index contributed by atoms with van der Waals surface area (Å²) in [7, 11) is 0. The first-order chi connectivity index (χ1) is 7.22. The minimum absolute atomic E-state index is 0.0426. The number of benzene rings is 1. The fourth-order valence-corrected chi connectivity index (χ4v) is 1.51. The number of ether oxygens (including phenoxy) is 1. The van der Waals surface area contributed by atoms with Gasteiger partial charge in [-0.1, -0.05) is 11.6 Å². The quantitative estimate of drug-likeness (QED) is 0.796. The van der Waals surface area contributed by atoms with Gasteiger partial charge in [0.25, 0.3) is 0 Å². The summed E-state index contributed by atoms with van der Waals surface area (Å²) in [6.07, 6.45) is 1.37. The van der Waals surface area contributed by atoms with Crippen molar-refractivity contribution in [2.45, 2.75) is 6.92 Å². The molecule has 0 unspecified atom stereocenters. The Kier molecular flexibility index (Phi) is 2.60. The number of halogens is 1. The predicted octanol–water partition coefficient (Wildman–Crippen LogP) is 2.39. The molecule has 1 aromatic heterocycles. The largest absolute Gasteiger partial charge is 0.504 e. The lowest BCUT2D eigenvalue weighted by Gasteiger charge is -2.07. The lowest BCUT2D eigenvalue weighted by atomic mass is 10.2. The van der Waals surface area contributed by atoms with Crippen molar-refractivity contribution >= 4 is 22.5 Å². The van der Waals surface area contributed by atoms with E-state index in [1.807, 2.05) is 6.92 Å². The Bertz CT molecular complexity index is 502. The molecule has 1 heterocycles. The molecule has 0 bridgehead atoms. The Hall–Kier alpha value is -1.55. The van der Waals surface area contributed by atoms with E-state index in [0.29, 0.717) is 28.4 Å². The van der Waals surface area contributed by atoms with E-state index < -0.39 is 0 Å². The molecule has 5 heteroatoms. The average Bonchev–Trinajstić information content (AvgIpc) is 2.21. The molecule has 0 saturated heterocycles. The Labute approximate surface area is 91.5 Å². The van der Waals surface area contributed by atoms with Crippen LogP contribution in [0.4, 0.5) is 0 Å². The standard InChI is InChI=1S/C10H9ClN2O2/c1-2-15-9-4-7-6(3-8(9)14)10(11)13-5-12-7/h3-5,14H,2H2,1H3. The van der Waals surface area contributed by atoms with Crippen molar-refractivity contribution in [3.05, 3.63) is 23.6 Å². The lowest BCUT2D eigenvalue weighted by Crippen LogP contribution is -1.93. The van der Waals surface area contributed by atoms with Crippen molar-refractivity contribution in [3.63, 3.8) is 0 Å². The van der Waals surface area contributed by atoms with Crippen LogP contribution in [0, 0.1) is 0 Å². The Morgan fingerprint density at radius 1 is 1.40 bits per heavy atom. The fourth-order valence-electron chi connectivity index (χ4n) is 1.31. The molecule has 0 radical (unpaired) electrons. The molecule has 1 N–H and O–H groups in total. The highest BCUT2D eigenvalue weighted by Gasteiger charge is 2.08. The van der Waals surface area contributed by atoms with Crippen LogP contribution in [0.5, 0.6) is 11.5 Å². The summed E-state index contributed by atoms with van der Waals surface area (Å²) in [6, 6.07) is 3.14. The van der Waals surface area contributed by atoms with E-state index in [2.05, 4.69) is 9.97 Å². The van der Waals surface area contributed by atoms with Gasteiger partial charge in [0.2, 0.25) is 0 Å². The number of aromatic hydroxyl groups is 1. The molecule has 15 heavy (non-hydrogen) atoms. The van der Waals surface area contributed by atoms with Crippen LogP contribution in [0.25, 0.3) is 10.9 Å². The van der Waals surface area contributed by atoms with Crippen LogP contribution in [-0.4, -0.2) is 21.7 Å². The van der Waals surface area contributed by atoms with Gasteiger partial charge < -0.3 is 9.84 Å². The molecule has 0 fully saturated rings. The van der Waals surface area contributed by atoms with Gasteiger partial charge >= 0.3 is 0 Å². The van der Waals surface area contributed by atoms with Crippen LogP contribution in [0.15, 0.2) is 18.5 Å². The average molecular weight is 225 g/mol. The third-order valence-electron chi connectivity index (χ3n) is 1.97. The van der Waals surface area contributed by atoms with Gasteiger partial charge in [-0.15, -0.1) is 0 Å². The van der Waals surface area contributed by atoms with Crippen LogP contribution < -0.4 is 4.74 Å². The second-order valence-corrected chi connectivity index (χ2v) is 3.29. The maximum atomic E-state index is 9.62. The second kappa shape index (κ2) is 3.90. The number of hydrogen-bond acceptors (Lipinski definition) is 4. The smallest absolute Gasteiger partial charge is 0.163 e. The number of fused-ring (bicyclic) bond motifs is 1. The Balaban J connectivity index is 2.65. The lowest BCUT2D eigenvalue weighted by molar-refractivity contribution is 0.319. The number of phenols is 1. The molecule has 4 nitrogen and oxygen atoms in total. The maximum Gasteiger partial charge on any atom is 0.163 e. The molecule has 0 spiro atoms. The third-order valence-corrected chi connectivity index (χ3v) is 2.27. The highest BCUT2D eigenvalue weighted by Crippen LogP contribution is 2.32. The monoisotopic (exact) mass is 224 g/mol. The van der Waals surface area contributed by atoms with Crippen LogP contribution >= 0.6 is 11.6 Å². The Morgan fingerprint density at radius 3 is 2.93 bits per heavy atom. The summed E-state index contributed by atoms with van der Waals surface area (Å²) in [5.74, 6) is 0.445. The van der Waals surface area contributed by atoms with Crippen molar-refractivity contribution in [1.82, 2.24) is 9.97 Å². The zero-order chi connectivity index (χ0) is 10.8. The summed E-state index contributed by atoms with van der Waals surface area (Å²) >= 11 is 5.86. The van der Waals surface area contributed by atoms with Gasteiger partial charge in [0.1, 0.15) is 11.5 Å². The summed E-state index contributed by atoms with van der Waals surface area (Å²) in [4.78, 5) is 7.87. The molecule has 0 atom stereocenters. The van der Waals surface area contributed by atoms with Crippen molar-refractivity contribution in [2.24, 2.45) is 0 Å². The normalized spacial score (nSPS) is 10.5. The summed E-state index contributed by atoms with van der Waals surface area (Å²) in [6.45, 7) is 2.33. The van der Waals surface area contributed by atoms with E-state index in [4.69, 9.17) is 16.3 Å². The third kappa shape index (κ3) is 1.80. The van der Waals surface area contributed by atoms with E-state index in [1.165, 1.54) is 12.4 Å². The molecule has 0 aliphatic rings. The first-order valence-electron chi connectivity index (χ1n) is 4.48. The van der Waals surface area contributed by atoms with Gasteiger partial charge in [-0.3, -0.25) is 0 Å². The molecule has 0 amide bonds. The highest BCUT2D eigenvalue weighted by molar-refractivity contribution is 6.34.